The molecular weight excluding hydrogens is 304 g/mol. The molecule has 0 spiro atoms. The van der Waals surface area contributed by atoms with Gasteiger partial charge in [-0.2, -0.15) is 0 Å². The van der Waals surface area contributed by atoms with Crippen LogP contribution in [0.25, 0.3) is 0 Å². The van der Waals surface area contributed by atoms with Crippen LogP contribution in [0.1, 0.15) is 11.4 Å². The molecule has 1 aromatic heterocycles. The van der Waals surface area contributed by atoms with Crippen molar-refractivity contribution in [3.63, 3.8) is 0 Å². The van der Waals surface area contributed by atoms with Gasteiger partial charge in [-0.25, -0.2) is 4.98 Å². The number of hydrogen-bond donors (Lipinski definition) is 1. The fourth-order valence-corrected chi connectivity index (χ4v) is 2.88. The molecule has 0 unspecified atom stereocenters. The number of imidazole rings is 1. The van der Waals surface area contributed by atoms with Crippen LogP contribution in [0.5, 0.6) is 5.75 Å². The van der Waals surface area contributed by atoms with Crippen molar-refractivity contribution in [3.8, 4) is 5.75 Å². The molecular formula is C18H26N4O2. The zero-order valence-electron chi connectivity index (χ0n) is 14.3. The van der Waals surface area contributed by atoms with Gasteiger partial charge in [0.2, 0.25) is 0 Å². The van der Waals surface area contributed by atoms with Gasteiger partial charge in [0.25, 0.3) is 0 Å². The lowest BCUT2D eigenvalue weighted by Gasteiger charge is -2.26. The fraction of sp³-hybridized carbons (Fsp3) is 0.500. The largest absolute Gasteiger partial charge is 0.497 e. The average Bonchev–Trinajstić information content (AvgIpc) is 3.07. The van der Waals surface area contributed by atoms with E-state index in [1.54, 1.807) is 7.11 Å². The summed E-state index contributed by atoms with van der Waals surface area (Å²) in [6, 6.07) is 8.16. The molecule has 1 aliphatic heterocycles. The quantitative estimate of drug-likeness (QED) is 0.741. The Bertz CT molecular complexity index is 623. The minimum absolute atomic E-state index is 0.779. The third kappa shape index (κ3) is 4.80. The van der Waals surface area contributed by atoms with Crippen LogP contribution in [0.2, 0.25) is 0 Å². The Labute approximate surface area is 143 Å². The normalized spacial score (nSPS) is 15.5. The highest BCUT2D eigenvalue weighted by Crippen LogP contribution is 2.14. The Morgan fingerprint density at radius 2 is 2.17 bits per heavy atom. The molecule has 0 saturated carbocycles. The predicted octanol–water partition coefficient (Wildman–Crippen LogP) is 1.36. The molecule has 6 heteroatoms. The van der Waals surface area contributed by atoms with Crippen LogP contribution in [0.3, 0.4) is 0 Å². The van der Waals surface area contributed by atoms with Crippen LogP contribution in [0.15, 0.2) is 36.7 Å². The molecule has 1 saturated heterocycles. The van der Waals surface area contributed by atoms with Crippen LogP contribution in [-0.2, 0) is 17.8 Å². The maximum atomic E-state index is 5.37. The average molecular weight is 330 g/mol. The van der Waals surface area contributed by atoms with Crippen LogP contribution in [-0.4, -0.2) is 61.0 Å². The van der Waals surface area contributed by atoms with Crippen LogP contribution in [0, 0.1) is 0 Å². The number of rotatable bonds is 8. The lowest BCUT2D eigenvalue weighted by molar-refractivity contribution is 0.0384. The van der Waals surface area contributed by atoms with Crippen molar-refractivity contribution in [2.45, 2.75) is 13.1 Å². The highest BCUT2D eigenvalue weighted by molar-refractivity contribution is 5.28. The Morgan fingerprint density at radius 1 is 1.29 bits per heavy atom. The zero-order valence-corrected chi connectivity index (χ0v) is 14.3. The summed E-state index contributed by atoms with van der Waals surface area (Å²) in [4.78, 5) is 6.90. The van der Waals surface area contributed by atoms with E-state index in [9.17, 15) is 0 Å². The Balaban J connectivity index is 1.47. The summed E-state index contributed by atoms with van der Waals surface area (Å²) in [7, 11) is 1.69. The molecule has 1 aliphatic rings. The van der Waals surface area contributed by atoms with Gasteiger partial charge >= 0.3 is 0 Å². The SMILES string of the molecule is COc1cccc(Cn2ccnc2CNCCN2CCOCC2)c1. The molecule has 1 N–H and O–H groups in total. The van der Waals surface area contributed by atoms with E-state index in [0.717, 1.165) is 64.1 Å². The van der Waals surface area contributed by atoms with Crippen LogP contribution < -0.4 is 10.1 Å². The molecule has 24 heavy (non-hydrogen) atoms. The lowest BCUT2D eigenvalue weighted by Crippen LogP contribution is -2.40. The van der Waals surface area contributed by atoms with Crippen LogP contribution >= 0.6 is 0 Å². The standard InChI is InChI=1S/C18H26N4O2/c1-23-17-4-2-3-16(13-17)15-22-8-6-20-18(22)14-19-5-7-21-9-11-24-12-10-21/h2-4,6,8,13,19H,5,7,9-12,14-15H2,1H3. The number of morpholine rings is 1. The first-order valence-electron chi connectivity index (χ1n) is 8.49. The fourth-order valence-electron chi connectivity index (χ4n) is 2.88. The minimum atomic E-state index is 0.779. The van der Waals surface area contributed by atoms with Gasteiger partial charge < -0.3 is 19.4 Å². The molecule has 130 valence electrons. The molecule has 0 bridgehead atoms. The van der Waals surface area contributed by atoms with Crippen molar-refractivity contribution in [1.82, 2.24) is 19.8 Å². The summed E-state index contributed by atoms with van der Waals surface area (Å²) in [5.41, 5.74) is 1.21. The molecule has 1 fully saturated rings. The highest BCUT2D eigenvalue weighted by Gasteiger charge is 2.09. The van der Waals surface area contributed by atoms with Gasteiger partial charge in [0.05, 0.1) is 26.9 Å². The van der Waals surface area contributed by atoms with Crippen molar-refractivity contribution in [3.05, 3.63) is 48.0 Å². The van der Waals surface area contributed by atoms with Gasteiger partial charge in [0.15, 0.2) is 0 Å². The predicted molar refractivity (Wildman–Crippen MR) is 93.3 cm³/mol. The first-order valence-corrected chi connectivity index (χ1v) is 8.49. The molecule has 0 atom stereocenters. The maximum absolute atomic E-state index is 5.37. The summed E-state index contributed by atoms with van der Waals surface area (Å²) < 4.78 is 12.8. The van der Waals surface area contributed by atoms with Gasteiger partial charge in [0.1, 0.15) is 11.6 Å². The number of benzene rings is 1. The maximum Gasteiger partial charge on any atom is 0.122 e. The summed E-state index contributed by atoms with van der Waals surface area (Å²) in [6.07, 6.45) is 3.89. The van der Waals surface area contributed by atoms with E-state index >= 15 is 0 Å². The van der Waals surface area contributed by atoms with E-state index in [1.165, 1.54) is 5.56 Å². The zero-order chi connectivity index (χ0) is 16.6. The van der Waals surface area contributed by atoms with Crippen molar-refractivity contribution in [1.29, 1.82) is 0 Å². The monoisotopic (exact) mass is 330 g/mol. The molecule has 1 aromatic carbocycles. The minimum Gasteiger partial charge on any atom is -0.497 e. The Morgan fingerprint density at radius 3 is 3.00 bits per heavy atom. The summed E-state index contributed by atoms with van der Waals surface area (Å²) in [5, 5.41) is 3.49. The molecule has 3 rings (SSSR count). The summed E-state index contributed by atoms with van der Waals surface area (Å²) in [5.74, 6) is 1.94. The number of methoxy groups -OCH3 is 1. The van der Waals surface area contributed by atoms with Gasteiger partial charge in [-0.1, -0.05) is 12.1 Å². The lowest BCUT2D eigenvalue weighted by atomic mass is 10.2. The van der Waals surface area contributed by atoms with Gasteiger partial charge in [-0.05, 0) is 17.7 Å². The second kappa shape index (κ2) is 8.82. The first kappa shape index (κ1) is 17.0. The van der Waals surface area contributed by atoms with Gasteiger partial charge in [-0.15, -0.1) is 0 Å². The molecule has 0 amide bonds. The third-order valence-electron chi connectivity index (χ3n) is 4.28. The van der Waals surface area contributed by atoms with Crippen LogP contribution in [0.4, 0.5) is 0 Å². The Hall–Kier alpha value is -1.89. The smallest absolute Gasteiger partial charge is 0.122 e. The summed E-state index contributed by atoms with van der Waals surface area (Å²) in [6.45, 7) is 7.37. The van der Waals surface area contributed by atoms with E-state index in [-0.39, 0.29) is 0 Å². The molecule has 2 aromatic rings. The van der Waals surface area contributed by atoms with Crippen molar-refractivity contribution < 1.29 is 9.47 Å². The van der Waals surface area contributed by atoms with Crippen molar-refractivity contribution in [2.75, 3.05) is 46.5 Å². The molecule has 0 radical (unpaired) electrons. The number of aromatic nitrogens is 2. The van der Waals surface area contributed by atoms with E-state index < -0.39 is 0 Å². The Kier molecular flexibility index (Phi) is 6.23. The summed E-state index contributed by atoms with van der Waals surface area (Å²) >= 11 is 0. The number of ether oxygens (including phenoxy) is 2. The van der Waals surface area contributed by atoms with E-state index in [1.807, 2.05) is 24.5 Å². The van der Waals surface area contributed by atoms with E-state index in [0.29, 0.717) is 0 Å². The van der Waals surface area contributed by atoms with E-state index in [2.05, 4.69) is 31.9 Å². The molecule has 2 heterocycles. The van der Waals surface area contributed by atoms with Crippen molar-refractivity contribution >= 4 is 0 Å². The molecule has 0 aliphatic carbocycles. The van der Waals surface area contributed by atoms with E-state index in [4.69, 9.17) is 9.47 Å². The van der Waals surface area contributed by atoms with Crippen molar-refractivity contribution in [2.24, 2.45) is 0 Å². The second-order valence-electron chi connectivity index (χ2n) is 5.95. The number of nitrogens with one attached hydrogen (secondary N) is 1. The van der Waals surface area contributed by atoms with Gasteiger partial charge in [-0.3, -0.25) is 4.90 Å². The number of hydrogen-bond acceptors (Lipinski definition) is 5. The highest BCUT2D eigenvalue weighted by atomic mass is 16.5. The number of nitrogens with zero attached hydrogens (tertiary/aromatic N) is 3. The topological polar surface area (TPSA) is 51.5 Å². The third-order valence-corrected chi connectivity index (χ3v) is 4.28. The first-order chi connectivity index (χ1) is 11.8. The molecule has 6 nitrogen and oxygen atoms in total. The van der Waals surface area contributed by atoms with Gasteiger partial charge in [0, 0.05) is 45.1 Å². The second-order valence-corrected chi connectivity index (χ2v) is 5.95.